The molecule has 1 saturated heterocycles. The molecule has 2 N–H and O–H groups in total. The van der Waals surface area contributed by atoms with Crippen molar-refractivity contribution in [2.24, 2.45) is 0 Å². The van der Waals surface area contributed by atoms with E-state index in [-0.39, 0.29) is 42.4 Å². The summed E-state index contributed by atoms with van der Waals surface area (Å²) in [6.45, 7) is 1.59. The molecule has 0 aliphatic carbocycles. The molecule has 2 amide bonds. The van der Waals surface area contributed by atoms with Crippen molar-refractivity contribution in [2.45, 2.75) is 16.7 Å². The molecule has 2 aromatic rings. The summed E-state index contributed by atoms with van der Waals surface area (Å²) < 4.78 is 71.8. The predicted molar refractivity (Wildman–Crippen MR) is 111 cm³/mol. The third-order valence-electron chi connectivity index (χ3n) is 4.48. The fourth-order valence-corrected chi connectivity index (χ4v) is 5.43. The molecule has 0 atom stereocenters. The zero-order valence-corrected chi connectivity index (χ0v) is 18.5. The number of rotatable bonds is 6. The fraction of sp³-hybridized carbons (Fsp3) is 0.263. The first-order valence-electron chi connectivity index (χ1n) is 9.33. The van der Waals surface area contributed by atoms with Gasteiger partial charge in [-0.2, -0.15) is 4.31 Å². The first-order valence-corrected chi connectivity index (χ1v) is 12.3. The summed E-state index contributed by atoms with van der Waals surface area (Å²) in [7, 11) is -8.19. The van der Waals surface area contributed by atoms with Gasteiger partial charge in [0.15, 0.2) is 0 Å². The molecule has 1 aliphatic rings. The highest BCUT2D eigenvalue weighted by Crippen LogP contribution is 2.23. The van der Waals surface area contributed by atoms with E-state index in [0.717, 1.165) is 29.4 Å². The van der Waals surface area contributed by atoms with Crippen molar-refractivity contribution in [1.82, 2.24) is 9.03 Å². The highest BCUT2D eigenvalue weighted by Gasteiger charge is 2.29. The van der Waals surface area contributed by atoms with Gasteiger partial charge in [0.1, 0.15) is 10.7 Å². The van der Waals surface area contributed by atoms with Gasteiger partial charge in [0.05, 0.1) is 18.1 Å². The van der Waals surface area contributed by atoms with Crippen LogP contribution in [0, 0.1) is 5.82 Å². The maximum atomic E-state index is 14.3. The number of halogens is 1. The van der Waals surface area contributed by atoms with Crippen molar-refractivity contribution in [1.29, 1.82) is 0 Å². The first-order chi connectivity index (χ1) is 15.0. The van der Waals surface area contributed by atoms with E-state index in [9.17, 15) is 30.8 Å². The summed E-state index contributed by atoms with van der Waals surface area (Å²) in [6, 6.07) is 7.93. The topological polar surface area (TPSA) is 139 Å². The minimum Gasteiger partial charge on any atom is -0.379 e. The second-order valence-electron chi connectivity index (χ2n) is 6.80. The van der Waals surface area contributed by atoms with Gasteiger partial charge in [-0.1, -0.05) is 0 Å². The van der Waals surface area contributed by atoms with Gasteiger partial charge < -0.3 is 10.1 Å². The van der Waals surface area contributed by atoms with Crippen LogP contribution in [0.5, 0.6) is 0 Å². The van der Waals surface area contributed by atoms with Gasteiger partial charge in [0.25, 0.3) is 15.9 Å². The van der Waals surface area contributed by atoms with E-state index in [1.165, 1.54) is 24.3 Å². The SMILES string of the molecule is CC(=O)NS(=O)(=O)c1ccc(NC(=O)c2ccc(F)c(S(=O)(=O)N3CCOCC3)c2)cc1. The number of nitrogens with zero attached hydrogens (tertiary/aromatic N) is 1. The van der Waals surface area contributed by atoms with Gasteiger partial charge in [-0.3, -0.25) is 9.59 Å². The van der Waals surface area contributed by atoms with Crippen LogP contribution in [0.4, 0.5) is 10.1 Å². The molecule has 0 aromatic heterocycles. The molecular weight excluding hydrogens is 465 g/mol. The molecular formula is C19H20FN3O7S2. The summed E-state index contributed by atoms with van der Waals surface area (Å²) >= 11 is 0. The van der Waals surface area contributed by atoms with Gasteiger partial charge in [-0.15, -0.1) is 0 Å². The Balaban J connectivity index is 1.80. The van der Waals surface area contributed by atoms with Crippen molar-refractivity contribution in [3.05, 3.63) is 53.8 Å². The standard InChI is InChI=1S/C19H20FN3O7S2/c1-13(24)22-31(26,27)16-5-3-15(4-6-16)21-19(25)14-2-7-17(20)18(12-14)32(28,29)23-8-10-30-11-9-23/h2-7,12H,8-11H2,1H3,(H,21,25)(H,22,24). The number of carbonyl (C=O) groups is 2. The number of hydrogen-bond acceptors (Lipinski definition) is 7. The van der Waals surface area contributed by atoms with Crippen LogP contribution < -0.4 is 10.0 Å². The van der Waals surface area contributed by atoms with Crippen LogP contribution in [-0.4, -0.2) is 59.3 Å². The van der Waals surface area contributed by atoms with E-state index in [1.807, 2.05) is 4.72 Å². The lowest BCUT2D eigenvalue weighted by Crippen LogP contribution is -2.41. The van der Waals surface area contributed by atoms with Gasteiger partial charge in [0.2, 0.25) is 15.9 Å². The van der Waals surface area contributed by atoms with E-state index in [2.05, 4.69) is 5.32 Å². The lowest BCUT2D eigenvalue weighted by molar-refractivity contribution is -0.117. The molecule has 13 heteroatoms. The summed E-state index contributed by atoms with van der Waals surface area (Å²) in [6.07, 6.45) is 0. The van der Waals surface area contributed by atoms with Crippen molar-refractivity contribution in [3.8, 4) is 0 Å². The van der Waals surface area contributed by atoms with Crippen LogP contribution in [0.15, 0.2) is 52.3 Å². The van der Waals surface area contributed by atoms with Crippen LogP contribution >= 0.6 is 0 Å². The van der Waals surface area contributed by atoms with E-state index in [1.54, 1.807) is 0 Å². The van der Waals surface area contributed by atoms with Crippen LogP contribution in [-0.2, 0) is 29.6 Å². The quantitative estimate of drug-likeness (QED) is 0.620. The fourth-order valence-electron chi connectivity index (χ4n) is 2.94. The molecule has 1 heterocycles. The molecule has 0 radical (unpaired) electrons. The molecule has 172 valence electrons. The first kappa shape index (κ1) is 23.8. The van der Waals surface area contributed by atoms with Crippen molar-refractivity contribution >= 4 is 37.5 Å². The Kier molecular flexibility index (Phi) is 6.93. The average Bonchev–Trinajstić information content (AvgIpc) is 2.74. The molecule has 3 rings (SSSR count). The molecule has 0 bridgehead atoms. The number of carbonyl (C=O) groups excluding carboxylic acids is 2. The van der Waals surface area contributed by atoms with Crippen LogP contribution in [0.25, 0.3) is 0 Å². The molecule has 1 fully saturated rings. The lowest BCUT2D eigenvalue weighted by atomic mass is 10.2. The predicted octanol–water partition coefficient (Wildman–Crippen LogP) is 0.924. The Labute approximate surface area is 184 Å². The van der Waals surface area contributed by atoms with Crippen LogP contribution in [0.2, 0.25) is 0 Å². The van der Waals surface area contributed by atoms with Gasteiger partial charge in [-0.05, 0) is 42.5 Å². The van der Waals surface area contributed by atoms with Gasteiger partial charge >= 0.3 is 0 Å². The monoisotopic (exact) mass is 485 g/mol. The smallest absolute Gasteiger partial charge is 0.264 e. The Morgan fingerprint density at radius 2 is 1.62 bits per heavy atom. The molecule has 0 spiro atoms. The second-order valence-corrected chi connectivity index (χ2v) is 10.4. The van der Waals surface area contributed by atoms with Crippen molar-refractivity contribution in [3.63, 3.8) is 0 Å². The largest absolute Gasteiger partial charge is 0.379 e. The number of sulfonamides is 2. The van der Waals surface area contributed by atoms with E-state index >= 15 is 0 Å². The third-order valence-corrected chi connectivity index (χ3v) is 7.84. The van der Waals surface area contributed by atoms with Crippen molar-refractivity contribution in [2.75, 3.05) is 31.6 Å². The number of hydrogen-bond donors (Lipinski definition) is 2. The normalized spacial score (nSPS) is 15.2. The Morgan fingerprint density at radius 1 is 1.00 bits per heavy atom. The molecule has 0 saturated carbocycles. The molecule has 10 nitrogen and oxygen atoms in total. The number of morpholine rings is 1. The zero-order chi connectivity index (χ0) is 23.5. The summed E-state index contributed by atoms with van der Waals surface area (Å²) in [5.74, 6) is -2.46. The Bertz CT molecular complexity index is 1240. The van der Waals surface area contributed by atoms with E-state index in [4.69, 9.17) is 4.74 Å². The molecule has 0 unspecified atom stereocenters. The second kappa shape index (κ2) is 9.32. The highest BCUT2D eigenvalue weighted by molar-refractivity contribution is 7.90. The molecule has 1 aliphatic heterocycles. The van der Waals surface area contributed by atoms with Crippen molar-refractivity contribution < 1.29 is 35.6 Å². The lowest BCUT2D eigenvalue weighted by Gasteiger charge is -2.26. The van der Waals surface area contributed by atoms with E-state index in [0.29, 0.717) is 0 Å². The third kappa shape index (κ3) is 5.30. The van der Waals surface area contributed by atoms with E-state index < -0.39 is 42.6 Å². The number of ether oxygens (including phenoxy) is 1. The van der Waals surface area contributed by atoms with Crippen LogP contribution in [0.1, 0.15) is 17.3 Å². The number of nitrogens with one attached hydrogen (secondary N) is 2. The van der Waals surface area contributed by atoms with Gasteiger partial charge in [0, 0.05) is 31.3 Å². The Morgan fingerprint density at radius 3 is 2.22 bits per heavy atom. The summed E-state index contributed by atoms with van der Waals surface area (Å²) in [5, 5.41) is 2.48. The maximum absolute atomic E-state index is 14.3. The highest BCUT2D eigenvalue weighted by atomic mass is 32.2. The van der Waals surface area contributed by atoms with Crippen LogP contribution in [0.3, 0.4) is 0 Å². The molecule has 2 aromatic carbocycles. The number of amides is 2. The minimum atomic E-state index is -4.16. The number of anilines is 1. The summed E-state index contributed by atoms with van der Waals surface area (Å²) in [5.41, 5.74) is 0.104. The maximum Gasteiger partial charge on any atom is 0.264 e. The summed E-state index contributed by atoms with van der Waals surface area (Å²) in [4.78, 5) is 22.8. The number of benzene rings is 2. The zero-order valence-electron chi connectivity index (χ0n) is 16.9. The van der Waals surface area contributed by atoms with Gasteiger partial charge in [-0.25, -0.2) is 25.9 Å². The minimum absolute atomic E-state index is 0.0753. The molecule has 32 heavy (non-hydrogen) atoms. The Hall–Kier alpha value is -2.87. The average molecular weight is 486 g/mol.